The summed E-state index contributed by atoms with van der Waals surface area (Å²) in [6.45, 7) is 6.07. The first kappa shape index (κ1) is 17.2. The van der Waals surface area contributed by atoms with Crippen molar-refractivity contribution in [3.05, 3.63) is 58.6 Å². The highest BCUT2D eigenvalue weighted by Crippen LogP contribution is 2.35. The summed E-state index contributed by atoms with van der Waals surface area (Å²) in [6.07, 6.45) is 2.92. The summed E-state index contributed by atoms with van der Waals surface area (Å²) in [5.41, 5.74) is 3.33. The molecule has 2 aliphatic rings. The van der Waals surface area contributed by atoms with Crippen LogP contribution in [0.5, 0.6) is 5.75 Å². The third-order valence-corrected chi connectivity index (χ3v) is 5.52. The molecule has 0 saturated carbocycles. The molecular weight excluding hydrogens is 354 g/mol. The van der Waals surface area contributed by atoms with Gasteiger partial charge in [-0.05, 0) is 31.4 Å². The maximum Gasteiger partial charge on any atom is 0.223 e. The van der Waals surface area contributed by atoms with Crippen molar-refractivity contribution in [2.45, 2.75) is 45.6 Å². The van der Waals surface area contributed by atoms with Crippen LogP contribution in [0.1, 0.15) is 53.1 Å². The third-order valence-electron chi connectivity index (χ3n) is 5.52. The number of ether oxygens (including phenoxy) is 1. The molecule has 1 saturated heterocycles. The van der Waals surface area contributed by atoms with Gasteiger partial charge in [0.15, 0.2) is 5.82 Å². The molecule has 0 spiro atoms. The van der Waals surface area contributed by atoms with Crippen LogP contribution in [0.15, 0.2) is 28.8 Å². The lowest BCUT2D eigenvalue weighted by atomic mass is 9.96. The molecule has 0 bridgehead atoms. The quantitative estimate of drug-likeness (QED) is 0.678. The van der Waals surface area contributed by atoms with E-state index in [2.05, 4.69) is 27.2 Å². The van der Waals surface area contributed by atoms with Crippen molar-refractivity contribution in [2.75, 3.05) is 18.0 Å². The van der Waals surface area contributed by atoms with Crippen LogP contribution >= 0.6 is 0 Å². The lowest BCUT2D eigenvalue weighted by Crippen LogP contribution is -2.36. The Labute approximate surface area is 163 Å². The van der Waals surface area contributed by atoms with E-state index in [0.29, 0.717) is 12.5 Å². The highest BCUT2D eigenvalue weighted by atomic mass is 16.5. The molecule has 1 aromatic carbocycles. The Bertz CT molecular complexity index is 1020. The summed E-state index contributed by atoms with van der Waals surface area (Å²) < 4.78 is 11.2. The second-order valence-corrected chi connectivity index (χ2v) is 7.55. The van der Waals surface area contributed by atoms with E-state index < -0.39 is 0 Å². The molecule has 0 amide bonds. The number of piperidine rings is 1. The fraction of sp³-hybridized carbons (Fsp3) is 0.429. The number of hydrogen-bond acceptors (Lipinski definition) is 7. The molecule has 0 aliphatic carbocycles. The minimum atomic E-state index is 0.256. The minimum Gasteiger partial charge on any atom is -0.487 e. The average molecular weight is 377 g/mol. The summed E-state index contributed by atoms with van der Waals surface area (Å²) in [5.74, 6) is 4.41. The molecule has 5 rings (SSSR count). The van der Waals surface area contributed by atoms with Crippen LogP contribution in [0.25, 0.3) is 0 Å². The molecule has 28 heavy (non-hydrogen) atoms. The highest BCUT2D eigenvalue weighted by molar-refractivity contribution is 5.54. The zero-order chi connectivity index (χ0) is 19.1. The van der Waals surface area contributed by atoms with Crippen LogP contribution in [0, 0.1) is 13.8 Å². The van der Waals surface area contributed by atoms with Gasteiger partial charge in [0.05, 0.1) is 5.69 Å². The van der Waals surface area contributed by atoms with Crippen LogP contribution in [-0.2, 0) is 13.0 Å². The molecule has 0 unspecified atom stereocenters. The maximum absolute atomic E-state index is 6.02. The van der Waals surface area contributed by atoms with Gasteiger partial charge < -0.3 is 14.2 Å². The van der Waals surface area contributed by atoms with Gasteiger partial charge in [-0.3, -0.25) is 0 Å². The minimum absolute atomic E-state index is 0.256. The van der Waals surface area contributed by atoms with Crippen molar-refractivity contribution < 1.29 is 9.26 Å². The molecule has 0 N–H and O–H groups in total. The summed E-state index contributed by atoms with van der Waals surface area (Å²) in [5, 5.41) is 4.15. The van der Waals surface area contributed by atoms with Crippen LogP contribution in [0.2, 0.25) is 0 Å². The molecule has 1 atom stereocenters. The van der Waals surface area contributed by atoms with Crippen molar-refractivity contribution in [3.63, 3.8) is 0 Å². The van der Waals surface area contributed by atoms with Crippen LogP contribution in [-0.4, -0.2) is 33.2 Å². The second kappa shape index (κ2) is 6.89. The summed E-state index contributed by atoms with van der Waals surface area (Å²) >= 11 is 0. The van der Waals surface area contributed by atoms with Gasteiger partial charge in [-0.1, -0.05) is 23.4 Å². The number of aromatic nitrogens is 4. The van der Waals surface area contributed by atoms with E-state index >= 15 is 0 Å². The molecule has 2 aliphatic heterocycles. The topological polar surface area (TPSA) is 77.2 Å². The van der Waals surface area contributed by atoms with E-state index in [1.165, 1.54) is 11.1 Å². The Balaban J connectivity index is 1.51. The summed E-state index contributed by atoms with van der Waals surface area (Å²) in [4.78, 5) is 16.4. The number of nitrogens with zero attached hydrogens (tertiary/aromatic N) is 5. The molecule has 144 valence electrons. The number of rotatable bonds is 2. The van der Waals surface area contributed by atoms with Crippen molar-refractivity contribution in [2.24, 2.45) is 0 Å². The largest absolute Gasteiger partial charge is 0.487 e. The zero-order valence-electron chi connectivity index (χ0n) is 16.2. The SMILES string of the molecule is Cc1nc2c(c(N3CCC[C@@H](c4noc(C)n4)C3)n1)Cc1ccccc1OC2. The molecule has 3 aromatic rings. The van der Waals surface area contributed by atoms with E-state index in [1.54, 1.807) is 0 Å². The standard InChI is InChI=1S/C21H23N5O2/c1-13-22-18-12-27-19-8-4-3-6-15(19)10-17(18)21(23-13)26-9-5-7-16(11-26)20-24-14(2)28-25-20/h3-4,6,8,16H,5,7,9-12H2,1-2H3/t16-/m1/s1. The highest BCUT2D eigenvalue weighted by Gasteiger charge is 2.29. The number of hydrogen-bond donors (Lipinski definition) is 0. The van der Waals surface area contributed by atoms with E-state index in [-0.39, 0.29) is 5.92 Å². The average Bonchev–Trinajstić information content (AvgIpc) is 3.06. The van der Waals surface area contributed by atoms with Gasteiger partial charge in [0.1, 0.15) is 24.0 Å². The molecule has 7 heteroatoms. The number of benzene rings is 1. The van der Waals surface area contributed by atoms with Gasteiger partial charge in [0, 0.05) is 37.9 Å². The van der Waals surface area contributed by atoms with Gasteiger partial charge in [-0.2, -0.15) is 4.98 Å². The molecule has 7 nitrogen and oxygen atoms in total. The third kappa shape index (κ3) is 3.10. The number of fused-ring (bicyclic) bond motifs is 2. The predicted octanol–water partition coefficient (Wildman–Crippen LogP) is 3.34. The Morgan fingerprint density at radius 1 is 1.11 bits per heavy atom. The van der Waals surface area contributed by atoms with Crippen LogP contribution < -0.4 is 9.64 Å². The maximum atomic E-state index is 6.02. The molecule has 4 heterocycles. The fourth-order valence-corrected chi connectivity index (χ4v) is 4.19. The van der Waals surface area contributed by atoms with Crippen LogP contribution in [0.4, 0.5) is 5.82 Å². The predicted molar refractivity (Wildman–Crippen MR) is 104 cm³/mol. The first-order valence-corrected chi connectivity index (χ1v) is 9.79. The molecule has 2 aromatic heterocycles. The first-order chi connectivity index (χ1) is 13.7. The van der Waals surface area contributed by atoms with Gasteiger partial charge in [-0.15, -0.1) is 0 Å². The van der Waals surface area contributed by atoms with E-state index in [0.717, 1.165) is 61.3 Å². The molecule has 0 radical (unpaired) electrons. The number of anilines is 1. The Hall–Kier alpha value is -2.96. The molecular formula is C21H23N5O2. The van der Waals surface area contributed by atoms with Crippen LogP contribution in [0.3, 0.4) is 0 Å². The Morgan fingerprint density at radius 2 is 2.00 bits per heavy atom. The Kier molecular flexibility index (Phi) is 4.22. The van der Waals surface area contributed by atoms with E-state index in [4.69, 9.17) is 19.2 Å². The number of aryl methyl sites for hydroxylation is 2. The lowest BCUT2D eigenvalue weighted by molar-refractivity contribution is 0.301. The monoisotopic (exact) mass is 377 g/mol. The zero-order valence-corrected chi connectivity index (χ0v) is 16.2. The van der Waals surface area contributed by atoms with E-state index in [1.807, 2.05) is 26.0 Å². The Morgan fingerprint density at radius 3 is 2.86 bits per heavy atom. The van der Waals surface area contributed by atoms with Gasteiger partial charge in [-0.25, -0.2) is 9.97 Å². The van der Waals surface area contributed by atoms with Gasteiger partial charge >= 0.3 is 0 Å². The van der Waals surface area contributed by atoms with Crippen molar-refractivity contribution in [1.29, 1.82) is 0 Å². The van der Waals surface area contributed by atoms with Crippen molar-refractivity contribution in [3.8, 4) is 5.75 Å². The summed E-state index contributed by atoms with van der Waals surface area (Å²) in [6, 6.07) is 8.21. The fourth-order valence-electron chi connectivity index (χ4n) is 4.19. The summed E-state index contributed by atoms with van der Waals surface area (Å²) in [7, 11) is 0. The van der Waals surface area contributed by atoms with Crippen molar-refractivity contribution in [1.82, 2.24) is 20.1 Å². The lowest BCUT2D eigenvalue weighted by Gasteiger charge is -2.33. The second-order valence-electron chi connectivity index (χ2n) is 7.55. The van der Waals surface area contributed by atoms with Gasteiger partial charge in [0.2, 0.25) is 5.89 Å². The smallest absolute Gasteiger partial charge is 0.223 e. The normalized spacial score (nSPS) is 18.8. The molecule has 1 fully saturated rings. The van der Waals surface area contributed by atoms with E-state index in [9.17, 15) is 0 Å². The van der Waals surface area contributed by atoms with Crippen molar-refractivity contribution >= 4 is 5.82 Å². The number of para-hydroxylation sites is 1. The first-order valence-electron chi connectivity index (χ1n) is 9.79. The van der Waals surface area contributed by atoms with Gasteiger partial charge in [0.25, 0.3) is 0 Å².